The summed E-state index contributed by atoms with van der Waals surface area (Å²) < 4.78 is 0. The van der Waals surface area contributed by atoms with Gasteiger partial charge in [0.15, 0.2) is 0 Å². The Morgan fingerprint density at radius 1 is 1.24 bits per heavy atom. The van der Waals surface area contributed by atoms with Crippen molar-refractivity contribution in [2.75, 3.05) is 6.54 Å². The summed E-state index contributed by atoms with van der Waals surface area (Å²) in [4.78, 5) is 0. The van der Waals surface area contributed by atoms with Crippen LogP contribution in [-0.4, -0.2) is 6.54 Å². The summed E-state index contributed by atoms with van der Waals surface area (Å²) in [5.41, 5.74) is 4.03. The quantitative estimate of drug-likeness (QED) is 0.787. The molecule has 1 aromatic carbocycles. The molecule has 0 aromatic heterocycles. The first kappa shape index (κ1) is 16.0. The van der Waals surface area contributed by atoms with Gasteiger partial charge in [0.2, 0.25) is 0 Å². The van der Waals surface area contributed by atoms with Crippen molar-refractivity contribution in [1.29, 1.82) is 5.26 Å². The molecule has 1 rings (SSSR count). The van der Waals surface area contributed by atoms with Gasteiger partial charge in [0.1, 0.15) is 0 Å². The van der Waals surface area contributed by atoms with Crippen molar-refractivity contribution in [3.63, 3.8) is 0 Å². The molecule has 0 saturated carbocycles. The van der Waals surface area contributed by atoms with E-state index in [1.165, 1.54) is 16.7 Å². The van der Waals surface area contributed by atoms with Crippen molar-refractivity contribution < 1.29 is 0 Å². The highest BCUT2D eigenvalue weighted by Crippen LogP contribution is 2.10. The van der Waals surface area contributed by atoms with Crippen molar-refractivity contribution in [2.45, 2.75) is 39.7 Å². The summed E-state index contributed by atoms with van der Waals surface area (Å²) in [7, 11) is 0. The Bertz CT molecular complexity index is 369. The first-order valence-electron chi connectivity index (χ1n) is 5.88. The molecule has 17 heavy (non-hydrogen) atoms. The Hall–Kier alpha value is -1.04. The molecule has 94 valence electrons. The molecular weight excluding hydrogens is 232 g/mol. The summed E-state index contributed by atoms with van der Waals surface area (Å²) in [5.74, 6) is 0. The fraction of sp³-hybridized carbons (Fsp3) is 0.500. The normalized spacial score (nSPS) is 9.47. The lowest BCUT2D eigenvalue weighted by atomic mass is 10.1. The highest BCUT2D eigenvalue weighted by Gasteiger charge is 1.97. The van der Waals surface area contributed by atoms with Gasteiger partial charge in [-0.2, -0.15) is 5.26 Å². The summed E-state index contributed by atoms with van der Waals surface area (Å²) in [6.07, 6.45) is 2.75. The van der Waals surface area contributed by atoms with E-state index in [0.717, 1.165) is 25.9 Å². The van der Waals surface area contributed by atoms with Gasteiger partial charge in [0.25, 0.3) is 0 Å². The number of rotatable bonds is 6. The minimum atomic E-state index is 0. The largest absolute Gasteiger partial charge is 0.313 e. The molecule has 3 heteroatoms. The van der Waals surface area contributed by atoms with Gasteiger partial charge < -0.3 is 5.32 Å². The summed E-state index contributed by atoms with van der Waals surface area (Å²) in [6, 6.07) is 8.71. The second-order valence-electron chi connectivity index (χ2n) is 4.22. The van der Waals surface area contributed by atoms with Crippen molar-refractivity contribution >= 4 is 12.4 Å². The summed E-state index contributed by atoms with van der Waals surface area (Å²) in [5, 5.41) is 11.8. The maximum absolute atomic E-state index is 8.40. The lowest BCUT2D eigenvalue weighted by molar-refractivity contribution is 0.627. The third-order valence-electron chi connectivity index (χ3n) is 2.71. The molecule has 0 aliphatic carbocycles. The smallest absolute Gasteiger partial charge is 0.0621 e. The van der Waals surface area contributed by atoms with Crippen molar-refractivity contribution in [2.24, 2.45) is 0 Å². The van der Waals surface area contributed by atoms with Gasteiger partial charge in [-0.05, 0) is 44.4 Å². The molecule has 1 aromatic rings. The third-order valence-corrected chi connectivity index (χ3v) is 2.71. The van der Waals surface area contributed by atoms with E-state index in [4.69, 9.17) is 5.26 Å². The van der Waals surface area contributed by atoms with Crippen LogP contribution in [0.25, 0.3) is 0 Å². The number of hydrogen-bond donors (Lipinski definition) is 1. The number of benzene rings is 1. The van der Waals surface area contributed by atoms with Crippen LogP contribution in [-0.2, 0) is 6.54 Å². The molecule has 0 spiro atoms. The first-order valence-corrected chi connectivity index (χ1v) is 5.88. The van der Waals surface area contributed by atoms with Crippen LogP contribution < -0.4 is 5.32 Å². The fourth-order valence-electron chi connectivity index (χ4n) is 1.67. The fourth-order valence-corrected chi connectivity index (χ4v) is 1.67. The Morgan fingerprint density at radius 2 is 2.00 bits per heavy atom. The van der Waals surface area contributed by atoms with E-state index in [9.17, 15) is 0 Å². The highest BCUT2D eigenvalue weighted by molar-refractivity contribution is 5.85. The molecule has 0 aliphatic heterocycles. The topological polar surface area (TPSA) is 35.8 Å². The van der Waals surface area contributed by atoms with E-state index in [2.05, 4.69) is 43.4 Å². The zero-order chi connectivity index (χ0) is 11.8. The second kappa shape index (κ2) is 9.04. The molecule has 1 N–H and O–H groups in total. The van der Waals surface area contributed by atoms with Gasteiger partial charge in [-0.25, -0.2) is 0 Å². The number of halogens is 1. The van der Waals surface area contributed by atoms with E-state index in [-0.39, 0.29) is 12.4 Å². The number of aryl methyl sites for hydroxylation is 2. The van der Waals surface area contributed by atoms with E-state index < -0.39 is 0 Å². The minimum absolute atomic E-state index is 0. The van der Waals surface area contributed by atoms with Crippen molar-refractivity contribution in [1.82, 2.24) is 5.32 Å². The Labute approximate surface area is 110 Å². The van der Waals surface area contributed by atoms with Gasteiger partial charge in [0.05, 0.1) is 6.07 Å². The zero-order valence-electron chi connectivity index (χ0n) is 10.6. The number of nitrogens with zero attached hydrogens (tertiary/aromatic N) is 1. The summed E-state index contributed by atoms with van der Waals surface area (Å²) >= 11 is 0. The molecule has 0 aliphatic rings. The highest BCUT2D eigenvalue weighted by atomic mass is 35.5. The van der Waals surface area contributed by atoms with Crippen LogP contribution in [0.15, 0.2) is 18.2 Å². The Balaban J connectivity index is 0.00000256. The van der Waals surface area contributed by atoms with Gasteiger partial charge in [-0.15, -0.1) is 12.4 Å². The lowest BCUT2D eigenvalue weighted by Gasteiger charge is -2.08. The van der Waals surface area contributed by atoms with Crippen LogP contribution in [0.2, 0.25) is 0 Å². The molecule has 0 atom stereocenters. The van der Waals surface area contributed by atoms with Gasteiger partial charge in [-0.1, -0.05) is 23.8 Å². The van der Waals surface area contributed by atoms with Gasteiger partial charge >= 0.3 is 0 Å². The molecule has 0 unspecified atom stereocenters. The maximum Gasteiger partial charge on any atom is 0.0621 e. The van der Waals surface area contributed by atoms with E-state index >= 15 is 0 Å². The van der Waals surface area contributed by atoms with E-state index in [0.29, 0.717) is 6.42 Å². The number of unbranched alkanes of at least 4 members (excludes halogenated alkanes) is 2. The third kappa shape index (κ3) is 6.31. The molecule has 0 bridgehead atoms. The Morgan fingerprint density at radius 3 is 2.71 bits per heavy atom. The number of nitriles is 1. The predicted molar refractivity (Wildman–Crippen MR) is 74.3 cm³/mol. The average molecular weight is 253 g/mol. The van der Waals surface area contributed by atoms with Crippen molar-refractivity contribution in [3.05, 3.63) is 34.9 Å². The lowest BCUT2D eigenvalue weighted by Crippen LogP contribution is -2.15. The molecule has 0 amide bonds. The predicted octanol–water partition coefficient (Wildman–Crippen LogP) is 3.51. The molecular formula is C14H21ClN2. The standard InChI is InChI=1S/C14H20N2.ClH/c1-12-6-7-13(2)14(10-12)11-16-9-5-3-4-8-15;/h6-7,10,16H,3-5,9,11H2,1-2H3;1H. The Kier molecular flexibility index (Phi) is 8.49. The molecule has 2 nitrogen and oxygen atoms in total. The van der Waals surface area contributed by atoms with Crippen molar-refractivity contribution in [3.8, 4) is 6.07 Å². The number of nitrogens with one attached hydrogen (secondary N) is 1. The van der Waals surface area contributed by atoms with Crippen LogP contribution in [0.1, 0.15) is 36.0 Å². The molecule has 0 fully saturated rings. The van der Waals surface area contributed by atoms with E-state index in [1.807, 2.05) is 0 Å². The SMILES string of the molecule is Cc1ccc(C)c(CNCCCCC#N)c1.Cl. The van der Waals surface area contributed by atoms with Crippen LogP contribution in [0, 0.1) is 25.2 Å². The minimum Gasteiger partial charge on any atom is -0.313 e. The maximum atomic E-state index is 8.40. The van der Waals surface area contributed by atoms with Crippen LogP contribution >= 0.6 is 12.4 Å². The monoisotopic (exact) mass is 252 g/mol. The molecule has 0 radical (unpaired) electrons. The second-order valence-corrected chi connectivity index (χ2v) is 4.22. The van der Waals surface area contributed by atoms with Crippen LogP contribution in [0.5, 0.6) is 0 Å². The molecule has 0 heterocycles. The first-order chi connectivity index (χ1) is 7.74. The summed E-state index contributed by atoms with van der Waals surface area (Å²) in [6.45, 7) is 6.19. The zero-order valence-corrected chi connectivity index (χ0v) is 11.4. The van der Waals surface area contributed by atoms with E-state index in [1.54, 1.807) is 0 Å². The van der Waals surface area contributed by atoms with Crippen LogP contribution in [0.3, 0.4) is 0 Å². The average Bonchev–Trinajstić information content (AvgIpc) is 2.28. The van der Waals surface area contributed by atoms with Gasteiger partial charge in [0, 0.05) is 13.0 Å². The number of hydrogen-bond acceptors (Lipinski definition) is 2. The van der Waals surface area contributed by atoms with Crippen LogP contribution in [0.4, 0.5) is 0 Å². The molecule has 0 saturated heterocycles. The van der Waals surface area contributed by atoms with Gasteiger partial charge in [-0.3, -0.25) is 0 Å².